The van der Waals surface area contributed by atoms with Gasteiger partial charge in [0.1, 0.15) is 11.5 Å². The Morgan fingerprint density at radius 3 is 2.47 bits per heavy atom. The number of rotatable bonds is 5. The van der Waals surface area contributed by atoms with Gasteiger partial charge in [-0.15, -0.1) is 0 Å². The topological polar surface area (TPSA) is 77.0 Å². The number of ether oxygens (including phenoxy) is 2. The third-order valence-electron chi connectivity index (χ3n) is 4.44. The molecule has 0 saturated carbocycles. The number of hydrogen-bond acceptors (Lipinski definition) is 6. The standard InChI is InChI=1S/C24H17ClN2O4S/c1-30-19-12-6-15(7-13-19)23(29)31-20-5-3-2-4-16(20)14-21-22(28)27-24(32-21)26-18-10-8-17(25)9-11-18/h2-14H,1H3,(H,26,27,28)/b21-14-. The zero-order valence-corrected chi connectivity index (χ0v) is 18.4. The van der Waals surface area contributed by atoms with Crippen molar-refractivity contribution in [2.24, 2.45) is 4.99 Å². The van der Waals surface area contributed by atoms with Crippen LogP contribution in [0.25, 0.3) is 6.08 Å². The number of carbonyl (C=O) groups excluding carboxylic acids is 2. The summed E-state index contributed by atoms with van der Waals surface area (Å²) in [4.78, 5) is 29.8. The number of esters is 1. The van der Waals surface area contributed by atoms with Crippen LogP contribution in [-0.4, -0.2) is 24.2 Å². The number of methoxy groups -OCH3 is 1. The molecule has 1 N–H and O–H groups in total. The molecule has 0 radical (unpaired) electrons. The third-order valence-corrected chi connectivity index (χ3v) is 5.60. The van der Waals surface area contributed by atoms with E-state index in [0.29, 0.717) is 43.4 Å². The fraction of sp³-hybridized carbons (Fsp3) is 0.0417. The fourth-order valence-electron chi connectivity index (χ4n) is 2.83. The predicted octanol–water partition coefficient (Wildman–Crippen LogP) is 5.46. The summed E-state index contributed by atoms with van der Waals surface area (Å²) in [6.45, 7) is 0. The van der Waals surface area contributed by atoms with E-state index < -0.39 is 5.97 Å². The molecule has 0 spiro atoms. The first kappa shape index (κ1) is 21.7. The summed E-state index contributed by atoms with van der Waals surface area (Å²) in [6, 6.07) is 20.6. The Kier molecular flexibility index (Phi) is 6.58. The second-order valence-electron chi connectivity index (χ2n) is 6.61. The maximum Gasteiger partial charge on any atom is 0.343 e. The SMILES string of the molecule is COc1ccc(C(=O)Oc2ccccc2/C=C2\SC(=Nc3ccc(Cl)cc3)NC2=O)cc1. The number of carbonyl (C=O) groups is 2. The predicted molar refractivity (Wildman–Crippen MR) is 127 cm³/mol. The number of aliphatic imine (C=N–C) groups is 1. The molecule has 3 aromatic rings. The molecule has 1 aliphatic heterocycles. The van der Waals surface area contributed by atoms with Gasteiger partial charge in [0, 0.05) is 10.6 Å². The number of nitrogens with one attached hydrogen (secondary N) is 1. The summed E-state index contributed by atoms with van der Waals surface area (Å²) in [6.07, 6.45) is 1.67. The summed E-state index contributed by atoms with van der Waals surface area (Å²) in [5.41, 5.74) is 1.66. The second kappa shape index (κ2) is 9.72. The molecular weight excluding hydrogens is 448 g/mol. The van der Waals surface area contributed by atoms with E-state index in [-0.39, 0.29) is 5.91 Å². The molecule has 8 heteroatoms. The highest BCUT2D eigenvalue weighted by Crippen LogP contribution is 2.31. The third kappa shape index (κ3) is 5.19. The lowest BCUT2D eigenvalue weighted by atomic mass is 10.1. The van der Waals surface area contributed by atoms with E-state index >= 15 is 0 Å². The van der Waals surface area contributed by atoms with Gasteiger partial charge in [-0.05, 0) is 72.4 Å². The number of nitrogens with zero attached hydrogens (tertiary/aromatic N) is 1. The van der Waals surface area contributed by atoms with Crippen LogP contribution < -0.4 is 14.8 Å². The zero-order chi connectivity index (χ0) is 22.5. The first-order chi connectivity index (χ1) is 15.5. The number of amidine groups is 1. The monoisotopic (exact) mass is 464 g/mol. The number of hydrogen-bond donors (Lipinski definition) is 1. The van der Waals surface area contributed by atoms with Crippen molar-refractivity contribution in [3.63, 3.8) is 0 Å². The quantitative estimate of drug-likeness (QED) is 0.308. The Balaban J connectivity index is 1.53. The van der Waals surface area contributed by atoms with Crippen molar-refractivity contribution >= 4 is 52.2 Å². The Hall–Kier alpha value is -3.55. The molecule has 32 heavy (non-hydrogen) atoms. The van der Waals surface area contributed by atoms with E-state index in [4.69, 9.17) is 21.1 Å². The zero-order valence-electron chi connectivity index (χ0n) is 16.9. The highest BCUT2D eigenvalue weighted by molar-refractivity contribution is 8.18. The summed E-state index contributed by atoms with van der Waals surface area (Å²) in [5.74, 6) is 0.204. The van der Waals surface area contributed by atoms with Crippen LogP contribution >= 0.6 is 23.4 Å². The van der Waals surface area contributed by atoms with Gasteiger partial charge < -0.3 is 14.8 Å². The van der Waals surface area contributed by atoms with Gasteiger partial charge in [0.15, 0.2) is 5.17 Å². The normalized spacial score (nSPS) is 15.6. The minimum absolute atomic E-state index is 0.279. The number of amides is 1. The van der Waals surface area contributed by atoms with Crippen molar-refractivity contribution < 1.29 is 19.1 Å². The lowest BCUT2D eigenvalue weighted by Gasteiger charge is -2.08. The minimum Gasteiger partial charge on any atom is -0.497 e. The van der Waals surface area contributed by atoms with Crippen LogP contribution in [0.2, 0.25) is 5.02 Å². The number of halogens is 1. The van der Waals surface area contributed by atoms with Gasteiger partial charge in [-0.2, -0.15) is 0 Å². The highest BCUT2D eigenvalue weighted by Gasteiger charge is 2.24. The van der Waals surface area contributed by atoms with Crippen molar-refractivity contribution in [2.45, 2.75) is 0 Å². The Labute approximate surface area is 193 Å². The smallest absolute Gasteiger partial charge is 0.343 e. The van der Waals surface area contributed by atoms with E-state index in [2.05, 4.69) is 10.3 Å². The van der Waals surface area contributed by atoms with Crippen molar-refractivity contribution in [3.8, 4) is 11.5 Å². The van der Waals surface area contributed by atoms with E-state index in [1.54, 1.807) is 86.0 Å². The molecule has 4 rings (SSSR count). The highest BCUT2D eigenvalue weighted by atomic mass is 35.5. The molecule has 0 unspecified atom stereocenters. The van der Waals surface area contributed by atoms with Crippen LogP contribution in [0.1, 0.15) is 15.9 Å². The fourth-order valence-corrected chi connectivity index (χ4v) is 3.79. The van der Waals surface area contributed by atoms with E-state index in [1.807, 2.05) is 0 Å². The average molecular weight is 465 g/mol. The Morgan fingerprint density at radius 1 is 1.03 bits per heavy atom. The van der Waals surface area contributed by atoms with Gasteiger partial charge in [0.05, 0.1) is 23.3 Å². The Morgan fingerprint density at radius 2 is 1.75 bits per heavy atom. The van der Waals surface area contributed by atoms with Crippen LogP contribution in [0, 0.1) is 0 Å². The molecule has 1 aliphatic rings. The van der Waals surface area contributed by atoms with Crippen molar-refractivity contribution in [1.29, 1.82) is 0 Å². The first-order valence-electron chi connectivity index (χ1n) is 9.52. The molecule has 0 aromatic heterocycles. The van der Waals surface area contributed by atoms with Crippen molar-refractivity contribution in [3.05, 3.63) is 93.9 Å². The largest absolute Gasteiger partial charge is 0.497 e. The van der Waals surface area contributed by atoms with Gasteiger partial charge >= 0.3 is 5.97 Å². The maximum absolute atomic E-state index is 12.5. The van der Waals surface area contributed by atoms with E-state index in [0.717, 1.165) is 0 Å². The van der Waals surface area contributed by atoms with Crippen molar-refractivity contribution in [1.82, 2.24) is 5.32 Å². The molecule has 1 fully saturated rings. The summed E-state index contributed by atoms with van der Waals surface area (Å²) >= 11 is 7.10. The molecule has 0 bridgehead atoms. The number of thioether (sulfide) groups is 1. The maximum atomic E-state index is 12.5. The van der Waals surface area contributed by atoms with Crippen LogP contribution in [-0.2, 0) is 4.79 Å². The lowest BCUT2D eigenvalue weighted by Crippen LogP contribution is -2.19. The van der Waals surface area contributed by atoms with Gasteiger partial charge in [0.25, 0.3) is 5.91 Å². The van der Waals surface area contributed by atoms with Crippen LogP contribution in [0.3, 0.4) is 0 Å². The van der Waals surface area contributed by atoms with E-state index in [1.165, 1.54) is 11.8 Å². The number of para-hydroxylation sites is 1. The van der Waals surface area contributed by atoms with Crippen LogP contribution in [0.5, 0.6) is 11.5 Å². The first-order valence-corrected chi connectivity index (χ1v) is 10.7. The number of benzene rings is 3. The lowest BCUT2D eigenvalue weighted by molar-refractivity contribution is -0.115. The average Bonchev–Trinajstić information content (AvgIpc) is 3.15. The van der Waals surface area contributed by atoms with Crippen molar-refractivity contribution in [2.75, 3.05) is 7.11 Å². The summed E-state index contributed by atoms with van der Waals surface area (Å²) < 4.78 is 10.7. The molecule has 6 nitrogen and oxygen atoms in total. The molecule has 1 amide bonds. The van der Waals surface area contributed by atoms with Gasteiger partial charge in [-0.1, -0.05) is 29.8 Å². The molecular formula is C24H17ClN2O4S. The summed E-state index contributed by atoms with van der Waals surface area (Å²) in [7, 11) is 1.56. The molecule has 0 atom stereocenters. The summed E-state index contributed by atoms with van der Waals surface area (Å²) in [5, 5.41) is 3.80. The van der Waals surface area contributed by atoms with Gasteiger partial charge in [-0.25, -0.2) is 9.79 Å². The van der Waals surface area contributed by atoms with E-state index in [9.17, 15) is 9.59 Å². The molecule has 1 saturated heterocycles. The van der Waals surface area contributed by atoms with Crippen LogP contribution in [0.15, 0.2) is 82.7 Å². The minimum atomic E-state index is -0.507. The molecule has 1 heterocycles. The van der Waals surface area contributed by atoms with Crippen LogP contribution in [0.4, 0.5) is 5.69 Å². The Bertz CT molecular complexity index is 1220. The molecule has 160 valence electrons. The molecule has 0 aliphatic carbocycles. The molecule has 3 aromatic carbocycles. The van der Waals surface area contributed by atoms with Gasteiger partial charge in [-0.3, -0.25) is 4.79 Å². The second-order valence-corrected chi connectivity index (χ2v) is 8.08. The van der Waals surface area contributed by atoms with Gasteiger partial charge in [0.2, 0.25) is 0 Å².